The number of fused-ring (bicyclic) bond motifs is 1. The molecule has 5 heteroatoms. The zero-order chi connectivity index (χ0) is 24.2. The Morgan fingerprint density at radius 3 is 2.09 bits per heavy atom. The van der Waals surface area contributed by atoms with Gasteiger partial charge in [-0.1, -0.05) is 78.2 Å². The maximum Gasteiger partial charge on any atom is 0.234 e. The molecule has 2 amide bonds. The summed E-state index contributed by atoms with van der Waals surface area (Å²) >= 11 is 0. The number of imide groups is 1. The minimum absolute atomic E-state index is 0.0285. The number of amides is 2. The van der Waals surface area contributed by atoms with Crippen LogP contribution in [0.2, 0.25) is 0 Å². The van der Waals surface area contributed by atoms with Gasteiger partial charge in [0.05, 0.1) is 18.4 Å². The quantitative estimate of drug-likeness (QED) is 0.389. The normalized spacial score (nSPS) is 26.2. The van der Waals surface area contributed by atoms with Gasteiger partial charge in [-0.25, -0.2) is 0 Å². The third-order valence-electron chi connectivity index (χ3n) is 7.89. The third kappa shape index (κ3) is 5.10. The summed E-state index contributed by atoms with van der Waals surface area (Å²) in [6.45, 7) is 7.35. The molecule has 0 bridgehead atoms. The van der Waals surface area contributed by atoms with Crippen molar-refractivity contribution in [1.29, 1.82) is 0 Å². The van der Waals surface area contributed by atoms with Gasteiger partial charge in [-0.15, -0.1) is 0 Å². The monoisotopic (exact) mass is 469 g/mol. The average Bonchev–Trinajstić information content (AvgIpc) is 3.13. The number of piperazine rings is 1. The Kier molecular flexibility index (Phi) is 7.13. The van der Waals surface area contributed by atoms with Crippen LogP contribution in [0.15, 0.2) is 72.3 Å². The Morgan fingerprint density at radius 1 is 0.857 bits per heavy atom. The number of likely N-dealkylation sites (tertiary alicyclic amines) is 1. The van der Waals surface area contributed by atoms with Crippen LogP contribution >= 0.6 is 0 Å². The average molecular weight is 470 g/mol. The molecule has 2 N–H and O–H groups in total. The van der Waals surface area contributed by atoms with Crippen LogP contribution in [0.5, 0.6) is 0 Å². The number of carbonyl (C=O) groups excluding carboxylic acids is 2. The predicted molar refractivity (Wildman–Crippen MR) is 135 cm³/mol. The van der Waals surface area contributed by atoms with E-state index in [1.165, 1.54) is 26.5 Å². The smallest absolute Gasteiger partial charge is 0.234 e. The fourth-order valence-electron chi connectivity index (χ4n) is 5.93. The topological polar surface area (TPSA) is 46.3 Å². The summed E-state index contributed by atoms with van der Waals surface area (Å²) in [5.41, 5.74) is 3.94. The first-order valence-corrected chi connectivity index (χ1v) is 12.9. The van der Waals surface area contributed by atoms with E-state index in [9.17, 15) is 9.59 Å². The zero-order valence-electron chi connectivity index (χ0n) is 20.5. The SMILES string of the molecule is CC1=CCC2C(=O)N(CC#CC[NH+]3CC[NH+](C(c4ccccc4)c4ccccc4)CC3)C(=O)C2C1. The van der Waals surface area contributed by atoms with Crippen molar-refractivity contribution in [2.24, 2.45) is 11.8 Å². The summed E-state index contributed by atoms with van der Waals surface area (Å²) in [5.74, 6) is 6.00. The van der Waals surface area contributed by atoms with Gasteiger partial charge >= 0.3 is 0 Å². The molecule has 2 atom stereocenters. The summed E-state index contributed by atoms with van der Waals surface area (Å²) in [6.07, 6.45) is 3.50. The van der Waals surface area contributed by atoms with Gasteiger partial charge in [0.15, 0.2) is 0 Å². The molecule has 2 unspecified atom stereocenters. The second-order valence-electron chi connectivity index (χ2n) is 10.2. The van der Waals surface area contributed by atoms with Crippen molar-refractivity contribution in [3.8, 4) is 11.8 Å². The van der Waals surface area contributed by atoms with Gasteiger partial charge in [0.25, 0.3) is 0 Å². The van der Waals surface area contributed by atoms with Crippen molar-refractivity contribution in [3.63, 3.8) is 0 Å². The van der Waals surface area contributed by atoms with Crippen LogP contribution < -0.4 is 9.80 Å². The van der Waals surface area contributed by atoms with Gasteiger partial charge in [0.2, 0.25) is 11.8 Å². The van der Waals surface area contributed by atoms with Gasteiger partial charge < -0.3 is 9.80 Å². The van der Waals surface area contributed by atoms with Crippen LogP contribution in [-0.2, 0) is 9.59 Å². The molecule has 2 aliphatic heterocycles. The Morgan fingerprint density at radius 2 is 1.46 bits per heavy atom. The largest absolute Gasteiger partial charge is 0.316 e. The highest BCUT2D eigenvalue weighted by atomic mass is 16.2. The van der Waals surface area contributed by atoms with Gasteiger partial charge in [-0.05, 0) is 25.7 Å². The Hall–Kier alpha value is -3.20. The lowest BCUT2D eigenvalue weighted by molar-refractivity contribution is -1.02. The van der Waals surface area contributed by atoms with Gasteiger partial charge in [-0.2, -0.15) is 0 Å². The number of hydrogen-bond donors (Lipinski definition) is 2. The van der Waals surface area contributed by atoms with Crippen LogP contribution in [0.25, 0.3) is 0 Å². The lowest BCUT2D eigenvalue weighted by atomic mass is 9.82. The maximum absolute atomic E-state index is 12.7. The molecule has 2 aromatic rings. The van der Waals surface area contributed by atoms with Gasteiger partial charge in [-0.3, -0.25) is 14.5 Å². The number of allylic oxidation sites excluding steroid dienone is 2. The van der Waals surface area contributed by atoms with E-state index in [4.69, 9.17) is 0 Å². The molecule has 0 aromatic heterocycles. The molecular formula is C30H35N3O2+2. The number of rotatable bonds is 5. The summed E-state index contributed by atoms with van der Waals surface area (Å²) in [4.78, 5) is 29.9. The molecule has 2 aromatic carbocycles. The van der Waals surface area contributed by atoms with E-state index >= 15 is 0 Å². The predicted octanol–water partition coefficient (Wildman–Crippen LogP) is 0.904. The van der Waals surface area contributed by atoms with Crippen molar-refractivity contribution in [3.05, 3.63) is 83.4 Å². The van der Waals surface area contributed by atoms with E-state index in [1.54, 1.807) is 4.90 Å². The molecule has 2 saturated heterocycles. The second kappa shape index (κ2) is 10.6. The first-order chi connectivity index (χ1) is 17.1. The number of hydrogen-bond acceptors (Lipinski definition) is 2. The van der Waals surface area contributed by atoms with Gasteiger partial charge in [0.1, 0.15) is 38.8 Å². The van der Waals surface area contributed by atoms with E-state index < -0.39 is 0 Å². The molecule has 1 aliphatic carbocycles. The molecule has 0 saturated carbocycles. The van der Waals surface area contributed by atoms with Crippen molar-refractivity contribution in [2.45, 2.75) is 25.8 Å². The minimum Gasteiger partial charge on any atom is -0.316 e. The molecule has 0 radical (unpaired) electrons. The summed E-state index contributed by atoms with van der Waals surface area (Å²) in [6, 6.07) is 22.0. The Balaban J connectivity index is 1.16. The first kappa shape index (κ1) is 23.5. The molecule has 3 aliphatic rings. The number of benzene rings is 2. The Labute approximate surface area is 208 Å². The zero-order valence-corrected chi connectivity index (χ0v) is 20.5. The van der Waals surface area contributed by atoms with E-state index in [0.717, 1.165) is 32.7 Å². The fourth-order valence-corrected chi connectivity index (χ4v) is 5.93. The van der Waals surface area contributed by atoms with E-state index in [-0.39, 0.29) is 30.2 Å². The third-order valence-corrected chi connectivity index (χ3v) is 7.89. The molecule has 180 valence electrons. The highest BCUT2D eigenvalue weighted by Crippen LogP contribution is 2.37. The minimum atomic E-state index is -0.170. The van der Waals surface area contributed by atoms with Crippen LogP contribution in [-0.4, -0.2) is 56.0 Å². The number of carbonyl (C=O) groups is 2. The maximum atomic E-state index is 12.7. The van der Waals surface area contributed by atoms with Crippen molar-refractivity contribution in [2.75, 3.05) is 39.3 Å². The first-order valence-electron chi connectivity index (χ1n) is 12.9. The highest BCUT2D eigenvalue weighted by molar-refractivity contribution is 6.05. The highest BCUT2D eigenvalue weighted by Gasteiger charge is 2.47. The molecule has 2 heterocycles. The van der Waals surface area contributed by atoms with Crippen molar-refractivity contribution >= 4 is 11.8 Å². The van der Waals surface area contributed by atoms with Gasteiger partial charge in [0, 0.05) is 11.1 Å². The number of quaternary nitrogens is 2. The number of nitrogens with one attached hydrogen (secondary N) is 2. The molecule has 2 fully saturated rings. The fraction of sp³-hybridized carbons (Fsp3) is 0.400. The van der Waals surface area contributed by atoms with Crippen LogP contribution in [0.1, 0.15) is 36.9 Å². The molecule has 5 rings (SSSR count). The standard InChI is InChI=1S/C30H33N3O2/c1-23-14-15-26-27(22-23)30(35)33(29(26)34)17-9-8-16-31-18-20-32(21-19-31)28(24-10-4-2-5-11-24)25-12-6-3-7-13-25/h2-7,10-14,26-28H,15-22H2,1H3/p+2. The lowest BCUT2D eigenvalue weighted by Gasteiger charge is -2.34. The molecule has 5 nitrogen and oxygen atoms in total. The van der Waals surface area contributed by atoms with Crippen LogP contribution in [0.4, 0.5) is 0 Å². The molecular weight excluding hydrogens is 434 g/mol. The second-order valence-corrected chi connectivity index (χ2v) is 10.2. The van der Waals surface area contributed by atoms with E-state index in [2.05, 4.69) is 78.6 Å². The summed E-state index contributed by atoms with van der Waals surface area (Å²) in [5, 5.41) is 0. The van der Waals surface area contributed by atoms with Crippen molar-refractivity contribution in [1.82, 2.24) is 4.90 Å². The van der Waals surface area contributed by atoms with Crippen LogP contribution in [0.3, 0.4) is 0 Å². The summed E-state index contributed by atoms with van der Waals surface area (Å²) < 4.78 is 0. The summed E-state index contributed by atoms with van der Waals surface area (Å²) in [7, 11) is 0. The molecule has 35 heavy (non-hydrogen) atoms. The van der Waals surface area contributed by atoms with Crippen molar-refractivity contribution < 1.29 is 19.4 Å². The number of nitrogens with zero attached hydrogens (tertiary/aromatic N) is 1. The lowest BCUT2D eigenvalue weighted by Crippen LogP contribution is -3.28. The molecule has 0 spiro atoms. The van der Waals surface area contributed by atoms with E-state index in [1.807, 2.05) is 6.92 Å². The van der Waals surface area contributed by atoms with E-state index in [0.29, 0.717) is 18.9 Å². The van der Waals surface area contributed by atoms with Crippen LogP contribution in [0, 0.1) is 23.7 Å². The Bertz CT molecular complexity index is 1100.